The van der Waals surface area contributed by atoms with Crippen LogP contribution >= 0.6 is 11.6 Å². The molecule has 0 atom stereocenters. The van der Waals surface area contributed by atoms with Crippen molar-refractivity contribution >= 4 is 34.9 Å². The summed E-state index contributed by atoms with van der Waals surface area (Å²) in [6.45, 7) is 0.890. The van der Waals surface area contributed by atoms with Gasteiger partial charge in [0.05, 0.1) is 16.3 Å². The third-order valence-electron chi connectivity index (χ3n) is 4.07. The van der Waals surface area contributed by atoms with Crippen LogP contribution in [0.5, 0.6) is 0 Å². The number of hydrogen-bond acceptors (Lipinski definition) is 5. The van der Waals surface area contributed by atoms with E-state index >= 15 is 0 Å². The summed E-state index contributed by atoms with van der Waals surface area (Å²) < 4.78 is 38.1. The largest absolute Gasteiger partial charge is 0.437 e. The number of halogens is 4. The summed E-state index contributed by atoms with van der Waals surface area (Å²) in [5.74, 6) is 0.288. The fourth-order valence-electron chi connectivity index (χ4n) is 2.65. The molecular formula is C18H16ClF3N4O2. The van der Waals surface area contributed by atoms with E-state index in [9.17, 15) is 18.0 Å². The zero-order valence-corrected chi connectivity index (χ0v) is 15.3. The second kappa shape index (κ2) is 8.47. The molecule has 0 unspecified atom stereocenters. The first kappa shape index (κ1) is 19.9. The van der Waals surface area contributed by atoms with Crippen LogP contribution in [0.1, 0.15) is 18.4 Å². The second-order valence-corrected chi connectivity index (χ2v) is 6.45. The van der Waals surface area contributed by atoms with Crippen LogP contribution in [0, 0.1) is 0 Å². The second-order valence-electron chi connectivity index (χ2n) is 6.04. The Bertz CT molecular complexity index is 865. The molecule has 0 saturated carbocycles. The number of hydrogen-bond donors (Lipinski definition) is 1. The van der Waals surface area contributed by atoms with Gasteiger partial charge in [-0.05, 0) is 18.2 Å². The van der Waals surface area contributed by atoms with Crippen LogP contribution < -0.4 is 10.2 Å². The summed E-state index contributed by atoms with van der Waals surface area (Å²) in [7, 11) is 0. The molecule has 1 N–H and O–H groups in total. The first-order valence-electron chi connectivity index (χ1n) is 8.39. The van der Waals surface area contributed by atoms with Gasteiger partial charge in [0.2, 0.25) is 0 Å². The molecule has 1 amide bonds. The van der Waals surface area contributed by atoms with Gasteiger partial charge in [-0.15, -0.1) is 0 Å². The summed E-state index contributed by atoms with van der Waals surface area (Å²) in [5.41, 5.74) is 0.367. The van der Waals surface area contributed by atoms with E-state index in [2.05, 4.69) is 15.5 Å². The lowest BCUT2D eigenvalue weighted by molar-refractivity contribution is -0.137. The van der Waals surface area contributed by atoms with Gasteiger partial charge in [0.15, 0.2) is 0 Å². The molecule has 0 aliphatic carbocycles. The fourth-order valence-corrected chi connectivity index (χ4v) is 2.94. The van der Waals surface area contributed by atoms with Gasteiger partial charge in [-0.1, -0.05) is 35.0 Å². The van der Waals surface area contributed by atoms with Gasteiger partial charge in [0.25, 0.3) is 0 Å². The van der Waals surface area contributed by atoms with E-state index < -0.39 is 17.8 Å². The average molecular weight is 413 g/mol. The zero-order chi connectivity index (χ0) is 20.1. The molecule has 2 aromatic rings. The first-order valence-corrected chi connectivity index (χ1v) is 8.77. The predicted molar refractivity (Wildman–Crippen MR) is 99.7 cm³/mol. The van der Waals surface area contributed by atoms with E-state index in [0.717, 1.165) is 12.3 Å². The highest BCUT2D eigenvalue weighted by Crippen LogP contribution is 2.34. The van der Waals surface area contributed by atoms with E-state index in [0.29, 0.717) is 37.3 Å². The van der Waals surface area contributed by atoms with Crippen LogP contribution in [-0.4, -0.2) is 29.9 Å². The number of nitrogens with zero attached hydrogens (tertiary/aromatic N) is 3. The third-order valence-corrected chi connectivity index (χ3v) is 4.35. The Morgan fingerprint density at radius 3 is 2.50 bits per heavy atom. The minimum Gasteiger partial charge on any atom is -0.355 e. The zero-order valence-electron chi connectivity index (χ0n) is 14.5. The van der Waals surface area contributed by atoms with Crippen LogP contribution in [0.4, 0.5) is 29.5 Å². The lowest BCUT2D eigenvalue weighted by atomic mass is 10.1. The summed E-state index contributed by atoms with van der Waals surface area (Å²) in [4.78, 5) is 22.2. The number of oxime groups is 1. The number of carbonyl (C=O) groups is 1. The summed E-state index contributed by atoms with van der Waals surface area (Å²) in [5, 5.41) is 6.33. The molecule has 0 bridgehead atoms. The highest BCUT2D eigenvalue weighted by molar-refractivity contribution is 6.33. The van der Waals surface area contributed by atoms with Gasteiger partial charge in [-0.3, -0.25) is 10.2 Å². The maximum Gasteiger partial charge on any atom is 0.437 e. The minimum absolute atomic E-state index is 0.0614. The Hall–Kier alpha value is -2.81. The number of piperidine rings is 1. The van der Waals surface area contributed by atoms with Crippen molar-refractivity contribution in [3.05, 3.63) is 53.2 Å². The first-order chi connectivity index (χ1) is 13.3. The molecule has 28 heavy (non-hydrogen) atoms. The van der Waals surface area contributed by atoms with E-state index in [1.165, 1.54) is 0 Å². The molecule has 1 aromatic heterocycles. The standard InChI is InChI=1S/C18H16ClF3N4O2/c19-15-10-12(18(20,21)22)11-23-16(15)26-8-6-14(7-9-26)25-28-17(27)24-13-4-2-1-3-5-13/h1-5,10-11H,6-9H2,(H,24,27). The van der Waals surface area contributed by atoms with Crippen LogP contribution in [0.15, 0.2) is 47.8 Å². The monoisotopic (exact) mass is 412 g/mol. The van der Waals surface area contributed by atoms with Gasteiger partial charge in [0, 0.05) is 37.8 Å². The minimum atomic E-state index is -4.49. The highest BCUT2D eigenvalue weighted by atomic mass is 35.5. The number of carbonyl (C=O) groups excluding carboxylic acids is 1. The molecule has 1 aliphatic heterocycles. The lowest BCUT2D eigenvalue weighted by Crippen LogP contribution is -2.35. The number of aromatic nitrogens is 1. The lowest BCUT2D eigenvalue weighted by Gasteiger charge is -2.29. The quantitative estimate of drug-likeness (QED) is 0.571. The number of anilines is 2. The smallest absolute Gasteiger partial charge is 0.355 e. The number of amides is 1. The highest BCUT2D eigenvalue weighted by Gasteiger charge is 2.32. The van der Waals surface area contributed by atoms with Gasteiger partial charge in [-0.2, -0.15) is 13.2 Å². The van der Waals surface area contributed by atoms with Crippen molar-refractivity contribution in [2.24, 2.45) is 5.16 Å². The van der Waals surface area contributed by atoms with Crippen molar-refractivity contribution in [2.75, 3.05) is 23.3 Å². The normalized spacial score (nSPS) is 14.6. The van der Waals surface area contributed by atoms with Gasteiger partial charge < -0.3 is 4.90 Å². The number of alkyl halides is 3. The average Bonchev–Trinajstić information content (AvgIpc) is 2.67. The van der Waals surface area contributed by atoms with Crippen LogP contribution in [0.25, 0.3) is 0 Å². The SMILES string of the molecule is O=C(Nc1ccccc1)ON=C1CCN(c2ncc(C(F)(F)F)cc2Cl)CC1. The molecule has 6 nitrogen and oxygen atoms in total. The summed E-state index contributed by atoms with van der Waals surface area (Å²) >= 11 is 5.97. The van der Waals surface area contributed by atoms with Gasteiger partial charge in [-0.25, -0.2) is 9.78 Å². The van der Waals surface area contributed by atoms with E-state index in [1.54, 1.807) is 29.2 Å². The Balaban J connectivity index is 1.54. The maximum atomic E-state index is 12.7. The van der Waals surface area contributed by atoms with Crippen molar-refractivity contribution in [3.8, 4) is 0 Å². The Morgan fingerprint density at radius 1 is 1.21 bits per heavy atom. The third kappa shape index (κ3) is 5.13. The number of benzene rings is 1. The molecule has 1 saturated heterocycles. The molecular weight excluding hydrogens is 397 g/mol. The molecule has 1 fully saturated rings. The van der Waals surface area contributed by atoms with Crippen molar-refractivity contribution in [1.82, 2.24) is 4.98 Å². The van der Waals surface area contributed by atoms with Crippen molar-refractivity contribution in [3.63, 3.8) is 0 Å². The van der Waals surface area contributed by atoms with Crippen molar-refractivity contribution in [2.45, 2.75) is 19.0 Å². The van der Waals surface area contributed by atoms with Gasteiger partial charge in [0.1, 0.15) is 5.82 Å². The van der Waals surface area contributed by atoms with E-state index in [-0.39, 0.29) is 10.8 Å². The molecule has 1 aromatic carbocycles. The van der Waals surface area contributed by atoms with E-state index in [4.69, 9.17) is 16.4 Å². The van der Waals surface area contributed by atoms with Gasteiger partial charge >= 0.3 is 12.3 Å². The number of pyridine rings is 1. The molecule has 10 heteroatoms. The molecule has 0 radical (unpaired) electrons. The Morgan fingerprint density at radius 2 is 1.89 bits per heavy atom. The topological polar surface area (TPSA) is 66.8 Å². The molecule has 2 heterocycles. The fraction of sp³-hybridized carbons (Fsp3) is 0.278. The molecule has 0 spiro atoms. The number of nitrogens with one attached hydrogen (secondary N) is 1. The van der Waals surface area contributed by atoms with Crippen LogP contribution in [0.2, 0.25) is 5.02 Å². The van der Waals surface area contributed by atoms with E-state index in [1.807, 2.05) is 6.07 Å². The van der Waals surface area contributed by atoms with Crippen molar-refractivity contribution < 1.29 is 22.8 Å². The summed E-state index contributed by atoms with van der Waals surface area (Å²) in [6.07, 6.45) is -3.49. The Kier molecular flexibility index (Phi) is 6.03. The molecule has 3 rings (SSSR count). The molecule has 1 aliphatic rings. The summed E-state index contributed by atoms with van der Waals surface area (Å²) in [6, 6.07) is 9.67. The predicted octanol–water partition coefficient (Wildman–Crippen LogP) is 4.96. The number of rotatable bonds is 3. The van der Waals surface area contributed by atoms with Crippen LogP contribution in [0.3, 0.4) is 0 Å². The number of para-hydroxylation sites is 1. The molecule has 148 valence electrons. The Labute approximate surface area is 163 Å². The van der Waals surface area contributed by atoms with Crippen molar-refractivity contribution in [1.29, 1.82) is 0 Å². The maximum absolute atomic E-state index is 12.7. The van der Waals surface area contributed by atoms with Crippen LogP contribution in [-0.2, 0) is 11.0 Å².